The summed E-state index contributed by atoms with van der Waals surface area (Å²) in [5.41, 5.74) is 10.9. The van der Waals surface area contributed by atoms with Crippen molar-refractivity contribution in [1.29, 1.82) is 0 Å². The highest BCUT2D eigenvalue weighted by molar-refractivity contribution is 7.80. The molecule has 7 heteroatoms. The van der Waals surface area contributed by atoms with Crippen LogP contribution in [0.5, 0.6) is 0 Å². The number of hydrogen-bond acceptors (Lipinski definition) is 3. The Hall–Kier alpha value is -3.97. The fourth-order valence-electron chi connectivity index (χ4n) is 5.69. The molecule has 39 heavy (non-hydrogen) atoms. The maximum absolute atomic E-state index is 12.0. The predicted octanol–water partition coefficient (Wildman–Crippen LogP) is 6.94. The Bertz CT molecular complexity index is 1540. The summed E-state index contributed by atoms with van der Waals surface area (Å²) < 4.78 is 2.33. The van der Waals surface area contributed by atoms with Crippen LogP contribution in [-0.4, -0.2) is 20.6 Å². The van der Waals surface area contributed by atoms with Crippen molar-refractivity contribution >= 4 is 34.6 Å². The second-order valence-corrected chi connectivity index (χ2v) is 10.8. The number of hydrogen-bond donors (Lipinski definition) is 2. The summed E-state index contributed by atoms with van der Waals surface area (Å²) in [6, 6.07) is 20.8. The predicted molar refractivity (Wildman–Crippen MR) is 163 cm³/mol. The van der Waals surface area contributed by atoms with Crippen molar-refractivity contribution in [3.8, 4) is 5.69 Å². The number of aromatic nitrogens is 2. The molecule has 0 aliphatic carbocycles. The van der Waals surface area contributed by atoms with E-state index in [1.807, 2.05) is 44.3 Å². The minimum atomic E-state index is -0.133. The number of benzene rings is 2. The Morgan fingerprint density at radius 3 is 2.36 bits per heavy atom. The first-order valence-electron chi connectivity index (χ1n) is 13.4. The molecule has 2 unspecified atom stereocenters. The number of nitrogens with one attached hydrogen (secondary N) is 2. The van der Waals surface area contributed by atoms with Gasteiger partial charge in [0.1, 0.15) is 0 Å². The molecule has 1 amide bonds. The van der Waals surface area contributed by atoms with Crippen molar-refractivity contribution in [2.24, 2.45) is 0 Å². The third-order valence-corrected chi connectivity index (χ3v) is 7.75. The first-order chi connectivity index (χ1) is 18.7. The van der Waals surface area contributed by atoms with Gasteiger partial charge in [-0.3, -0.25) is 9.78 Å². The van der Waals surface area contributed by atoms with Crippen molar-refractivity contribution in [3.05, 3.63) is 106 Å². The largest absolute Gasteiger partial charge is 0.351 e. The molecule has 3 heterocycles. The number of amides is 1. The fraction of sp³-hybridized carbons (Fsp3) is 0.281. The van der Waals surface area contributed by atoms with Gasteiger partial charge in [0.15, 0.2) is 5.11 Å². The van der Waals surface area contributed by atoms with Gasteiger partial charge < -0.3 is 20.1 Å². The van der Waals surface area contributed by atoms with Gasteiger partial charge in [-0.2, -0.15) is 0 Å². The summed E-state index contributed by atoms with van der Waals surface area (Å²) in [4.78, 5) is 18.9. The summed E-state index contributed by atoms with van der Waals surface area (Å²) in [6.45, 7) is 12.5. The summed E-state index contributed by atoms with van der Waals surface area (Å²) in [5, 5.41) is 7.22. The first-order valence-corrected chi connectivity index (χ1v) is 13.8. The number of carbonyl (C=O) groups excluding carboxylic acids is 1. The highest BCUT2D eigenvalue weighted by Gasteiger charge is 2.42. The van der Waals surface area contributed by atoms with Gasteiger partial charge in [0.25, 0.3) is 0 Å². The maximum Gasteiger partial charge on any atom is 0.224 e. The number of thiocarbonyl (C=S) groups is 1. The van der Waals surface area contributed by atoms with Gasteiger partial charge in [0, 0.05) is 41.1 Å². The van der Waals surface area contributed by atoms with Gasteiger partial charge in [-0.15, -0.1) is 0 Å². The third kappa shape index (κ3) is 5.06. The van der Waals surface area contributed by atoms with E-state index in [1.54, 1.807) is 0 Å². The second kappa shape index (κ2) is 10.7. The van der Waals surface area contributed by atoms with E-state index in [0.717, 1.165) is 28.3 Å². The molecule has 2 atom stereocenters. The third-order valence-electron chi connectivity index (χ3n) is 7.44. The van der Waals surface area contributed by atoms with Crippen molar-refractivity contribution in [3.63, 3.8) is 0 Å². The molecule has 1 aliphatic heterocycles. The molecule has 200 valence electrons. The van der Waals surface area contributed by atoms with Crippen molar-refractivity contribution in [2.75, 3.05) is 10.2 Å². The molecule has 0 saturated carbocycles. The van der Waals surface area contributed by atoms with Crippen LogP contribution in [0.4, 0.5) is 11.4 Å². The molecule has 5 rings (SSSR count). The lowest BCUT2D eigenvalue weighted by Crippen LogP contribution is -2.29. The average molecular weight is 538 g/mol. The molecule has 0 spiro atoms. The maximum atomic E-state index is 12.0. The van der Waals surface area contributed by atoms with E-state index < -0.39 is 0 Å². The molecule has 1 fully saturated rings. The molecule has 1 saturated heterocycles. The van der Waals surface area contributed by atoms with Gasteiger partial charge in [0.2, 0.25) is 5.91 Å². The normalized spacial score (nSPS) is 16.9. The van der Waals surface area contributed by atoms with Crippen LogP contribution in [-0.2, 0) is 4.79 Å². The standard InChI is InChI=1S/C32H35N5OS/c1-7-29(38)34-27-12-11-24(17-21(27)4)37-31(30(35-32(37)39)28-10-8-9-13-33-28)26-18-22(5)36(23(26)6)25-15-19(2)14-20(3)16-25/h8-18,30-31H,7H2,1-6H3,(H,34,38)(H,35,39). The van der Waals surface area contributed by atoms with E-state index in [2.05, 4.69) is 84.2 Å². The van der Waals surface area contributed by atoms with E-state index >= 15 is 0 Å². The molecular formula is C32H35N5OS. The second-order valence-electron chi connectivity index (χ2n) is 10.4. The SMILES string of the molecule is CCC(=O)Nc1ccc(N2C(=S)NC(c3ccccn3)C2c2cc(C)n(-c3cc(C)cc(C)c3)c2C)cc1C. The Morgan fingerprint density at radius 1 is 0.974 bits per heavy atom. The minimum Gasteiger partial charge on any atom is -0.351 e. The Morgan fingerprint density at radius 2 is 1.72 bits per heavy atom. The summed E-state index contributed by atoms with van der Waals surface area (Å²) >= 11 is 5.96. The molecular weight excluding hydrogens is 502 g/mol. The summed E-state index contributed by atoms with van der Waals surface area (Å²) in [7, 11) is 0. The quantitative estimate of drug-likeness (QED) is 0.261. The summed E-state index contributed by atoms with van der Waals surface area (Å²) in [5.74, 6) is -0.00359. The lowest BCUT2D eigenvalue weighted by molar-refractivity contribution is -0.115. The van der Waals surface area contributed by atoms with Gasteiger partial charge in [-0.1, -0.05) is 19.1 Å². The van der Waals surface area contributed by atoms with Crippen molar-refractivity contribution in [1.82, 2.24) is 14.9 Å². The van der Waals surface area contributed by atoms with Crippen LogP contribution < -0.4 is 15.5 Å². The van der Waals surface area contributed by atoms with Gasteiger partial charge in [-0.05, 0) is 118 Å². The van der Waals surface area contributed by atoms with E-state index in [4.69, 9.17) is 17.2 Å². The zero-order valence-electron chi connectivity index (χ0n) is 23.4. The Kier molecular flexibility index (Phi) is 7.28. The molecule has 0 radical (unpaired) electrons. The molecule has 4 aromatic rings. The number of rotatable bonds is 6. The Labute approximate surface area is 236 Å². The highest BCUT2D eigenvalue weighted by Crippen LogP contribution is 2.44. The number of aryl methyl sites for hydroxylation is 4. The van der Waals surface area contributed by atoms with E-state index in [9.17, 15) is 4.79 Å². The molecule has 0 bridgehead atoms. The highest BCUT2D eigenvalue weighted by atomic mass is 32.1. The first kappa shape index (κ1) is 26.6. The lowest BCUT2D eigenvalue weighted by atomic mass is 9.96. The smallest absolute Gasteiger partial charge is 0.224 e. The zero-order chi connectivity index (χ0) is 27.8. The van der Waals surface area contributed by atoms with E-state index in [-0.39, 0.29) is 18.0 Å². The average Bonchev–Trinajstić information content (AvgIpc) is 3.39. The fourth-order valence-corrected chi connectivity index (χ4v) is 6.04. The van der Waals surface area contributed by atoms with Crippen molar-refractivity contribution < 1.29 is 4.79 Å². The minimum absolute atomic E-state index is 0.00359. The van der Waals surface area contributed by atoms with Gasteiger partial charge in [0.05, 0.1) is 17.8 Å². The zero-order valence-corrected chi connectivity index (χ0v) is 24.2. The van der Waals surface area contributed by atoms with Crippen LogP contribution in [0.15, 0.2) is 66.9 Å². The molecule has 2 N–H and O–H groups in total. The van der Waals surface area contributed by atoms with Gasteiger partial charge in [-0.25, -0.2) is 0 Å². The molecule has 6 nitrogen and oxygen atoms in total. The number of anilines is 2. The lowest BCUT2D eigenvalue weighted by Gasteiger charge is -2.29. The van der Waals surface area contributed by atoms with Crippen molar-refractivity contribution in [2.45, 2.75) is 60.0 Å². The van der Waals surface area contributed by atoms with Crippen LogP contribution in [0, 0.1) is 34.6 Å². The monoisotopic (exact) mass is 537 g/mol. The topological polar surface area (TPSA) is 62.2 Å². The molecule has 2 aromatic carbocycles. The van der Waals surface area contributed by atoms with Gasteiger partial charge >= 0.3 is 0 Å². The number of carbonyl (C=O) groups is 1. The number of nitrogens with zero attached hydrogens (tertiary/aromatic N) is 3. The van der Waals surface area contributed by atoms with Crippen LogP contribution in [0.3, 0.4) is 0 Å². The van der Waals surface area contributed by atoms with E-state index in [0.29, 0.717) is 11.5 Å². The number of pyridine rings is 1. The Balaban J connectivity index is 1.64. The van der Waals surface area contributed by atoms with Crippen LogP contribution in [0.2, 0.25) is 0 Å². The van der Waals surface area contributed by atoms with Crippen LogP contribution >= 0.6 is 12.2 Å². The molecule has 2 aromatic heterocycles. The van der Waals surface area contributed by atoms with E-state index in [1.165, 1.54) is 28.1 Å². The molecule has 1 aliphatic rings. The van der Waals surface area contributed by atoms with Crippen LogP contribution in [0.25, 0.3) is 5.69 Å². The van der Waals surface area contributed by atoms with Crippen LogP contribution in [0.1, 0.15) is 64.8 Å². The summed E-state index contributed by atoms with van der Waals surface area (Å²) in [6.07, 6.45) is 2.26.